The van der Waals surface area contributed by atoms with E-state index in [1.54, 1.807) is 0 Å². The monoisotopic (exact) mass is 266 g/mol. The topological polar surface area (TPSA) is 17.8 Å². The summed E-state index contributed by atoms with van der Waals surface area (Å²) in [5, 5.41) is 0. The lowest BCUT2D eigenvalue weighted by atomic mass is 10.2. The zero-order chi connectivity index (χ0) is 11.0. The van der Waals surface area contributed by atoms with Crippen molar-refractivity contribution < 1.29 is 0 Å². The Hall–Kier alpha value is -0.830. The summed E-state index contributed by atoms with van der Waals surface area (Å²) in [7, 11) is 0. The Morgan fingerprint density at radius 2 is 2.13 bits per heavy atom. The van der Waals surface area contributed by atoms with Crippen molar-refractivity contribution in [3.8, 4) is 0 Å². The number of aromatic nitrogens is 2. The van der Waals surface area contributed by atoms with E-state index in [0.29, 0.717) is 5.92 Å². The number of hydrogen-bond acceptors (Lipinski definition) is 1. The number of rotatable bonds is 2. The summed E-state index contributed by atoms with van der Waals surface area (Å²) in [4.78, 5) is 4.56. The number of halogens is 1. The van der Waals surface area contributed by atoms with Gasteiger partial charge in [-0.25, -0.2) is 4.98 Å². The SMILES string of the molecule is Cc1nc2cc(Br)ccc2n1CC(C)C. The molecule has 0 aliphatic rings. The molecule has 0 N–H and O–H groups in total. The third-order valence-corrected chi connectivity index (χ3v) is 2.94. The third kappa shape index (κ3) is 2.07. The maximum Gasteiger partial charge on any atom is 0.106 e. The van der Waals surface area contributed by atoms with Crippen molar-refractivity contribution >= 4 is 27.0 Å². The number of nitrogens with zero attached hydrogens (tertiary/aromatic N) is 2. The summed E-state index contributed by atoms with van der Waals surface area (Å²) < 4.78 is 3.37. The van der Waals surface area contributed by atoms with Crippen LogP contribution in [0.5, 0.6) is 0 Å². The molecule has 2 nitrogen and oxygen atoms in total. The number of aryl methyl sites for hydroxylation is 1. The van der Waals surface area contributed by atoms with Crippen LogP contribution in [0.15, 0.2) is 22.7 Å². The molecule has 1 aromatic carbocycles. The minimum absolute atomic E-state index is 0.643. The highest BCUT2D eigenvalue weighted by molar-refractivity contribution is 9.10. The van der Waals surface area contributed by atoms with Gasteiger partial charge in [-0.2, -0.15) is 0 Å². The lowest BCUT2D eigenvalue weighted by Gasteiger charge is -2.09. The summed E-state index contributed by atoms with van der Waals surface area (Å²) in [5.74, 6) is 1.74. The lowest BCUT2D eigenvalue weighted by molar-refractivity contribution is 0.524. The van der Waals surface area contributed by atoms with Crippen LogP contribution in [0.3, 0.4) is 0 Å². The van der Waals surface area contributed by atoms with Gasteiger partial charge in [-0.05, 0) is 31.0 Å². The normalized spacial score (nSPS) is 11.5. The Morgan fingerprint density at radius 3 is 2.80 bits per heavy atom. The first-order valence-electron chi connectivity index (χ1n) is 5.20. The third-order valence-electron chi connectivity index (χ3n) is 2.45. The van der Waals surface area contributed by atoms with E-state index in [2.05, 4.69) is 64.5 Å². The summed E-state index contributed by atoms with van der Waals surface area (Å²) in [5.41, 5.74) is 2.30. The number of fused-ring (bicyclic) bond motifs is 1. The molecule has 0 spiro atoms. The smallest absolute Gasteiger partial charge is 0.106 e. The van der Waals surface area contributed by atoms with E-state index in [1.807, 2.05) is 0 Å². The molecule has 2 rings (SSSR count). The highest BCUT2D eigenvalue weighted by Gasteiger charge is 2.08. The van der Waals surface area contributed by atoms with Crippen molar-refractivity contribution in [1.29, 1.82) is 0 Å². The molecule has 0 aliphatic carbocycles. The van der Waals surface area contributed by atoms with E-state index in [9.17, 15) is 0 Å². The molecule has 3 heteroatoms. The minimum atomic E-state index is 0.643. The van der Waals surface area contributed by atoms with Crippen LogP contribution in [0.1, 0.15) is 19.7 Å². The van der Waals surface area contributed by atoms with Crippen LogP contribution in [0, 0.1) is 12.8 Å². The fourth-order valence-corrected chi connectivity index (χ4v) is 2.17. The second-order valence-corrected chi connectivity index (χ2v) is 5.21. The molecule has 0 saturated carbocycles. The highest BCUT2D eigenvalue weighted by atomic mass is 79.9. The number of hydrogen-bond donors (Lipinski definition) is 0. The summed E-state index contributed by atoms with van der Waals surface area (Å²) in [6, 6.07) is 6.27. The molecule has 0 saturated heterocycles. The van der Waals surface area contributed by atoms with Gasteiger partial charge in [0.25, 0.3) is 0 Å². The fourth-order valence-electron chi connectivity index (χ4n) is 1.82. The van der Waals surface area contributed by atoms with Crippen LogP contribution >= 0.6 is 15.9 Å². The van der Waals surface area contributed by atoms with Crippen molar-refractivity contribution in [3.05, 3.63) is 28.5 Å². The van der Waals surface area contributed by atoms with Crippen LogP contribution in [0.25, 0.3) is 11.0 Å². The molecule has 1 aromatic heterocycles. The number of imidazole rings is 1. The standard InChI is InChI=1S/C12H15BrN2/c1-8(2)7-15-9(3)14-11-6-10(13)4-5-12(11)15/h4-6,8H,7H2,1-3H3. The van der Waals surface area contributed by atoms with Crippen molar-refractivity contribution in [2.75, 3.05) is 0 Å². The molecular weight excluding hydrogens is 252 g/mol. The quantitative estimate of drug-likeness (QED) is 0.810. The van der Waals surface area contributed by atoms with Gasteiger partial charge in [-0.3, -0.25) is 0 Å². The van der Waals surface area contributed by atoms with Gasteiger partial charge in [0.2, 0.25) is 0 Å². The molecule has 0 unspecified atom stereocenters. The Kier molecular flexibility index (Phi) is 2.83. The fraction of sp³-hybridized carbons (Fsp3) is 0.417. The van der Waals surface area contributed by atoms with Gasteiger partial charge in [-0.1, -0.05) is 29.8 Å². The Labute approximate surface area is 98.4 Å². The largest absolute Gasteiger partial charge is 0.328 e. The van der Waals surface area contributed by atoms with Gasteiger partial charge >= 0.3 is 0 Å². The Bertz CT molecular complexity index is 486. The van der Waals surface area contributed by atoms with Gasteiger partial charge in [0.15, 0.2) is 0 Å². The van der Waals surface area contributed by atoms with Gasteiger partial charge < -0.3 is 4.57 Å². The van der Waals surface area contributed by atoms with E-state index >= 15 is 0 Å². The van der Waals surface area contributed by atoms with Crippen molar-refractivity contribution in [3.63, 3.8) is 0 Å². The molecular formula is C12H15BrN2. The highest BCUT2D eigenvalue weighted by Crippen LogP contribution is 2.21. The average Bonchev–Trinajstić information content (AvgIpc) is 2.41. The van der Waals surface area contributed by atoms with Crippen molar-refractivity contribution in [2.24, 2.45) is 5.92 Å². The summed E-state index contributed by atoms with van der Waals surface area (Å²) in [6.07, 6.45) is 0. The molecule has 15 heavy (non-hydrogen) atoms. The summed E-state index contributed by atoms with van der Waals surface area (Å²) >= 11 is 3.47. The van der Waals surface area contributed by atoms with Gasteiger partial charge in [0.1, 0.15) is 5.82 Å². The predicted octanol–water partition coefficient (Wildman–Crippen LogP) is 3.76. The first kappa shape index (κ1) is 10.7. The van der Waals surface area contributed by atoms with Crippen LogP contribution in [0.4, 0.5) is 0 Å². The average molecular weight is 267 g/mol. The first-order chi connectivity index (χ1) is 7.08. The molecule has 0 fully saturated rings. The predicted molar refractivity (Wildman–Crippen MR) is 67.0 cm³/mol. The van der Waals surface area contributed by atoms with Crippen molar-refractivity contribution in [1.82, 2.24) is 9.55 Å². The van der Waals surface area contributed by atoms with Crippen LogP contribution in [-0.2, 0) is 6.54 Å². The molecule has 0 amide bonds. The molecule has 2 aromatic rings. The lowest BCUT2D eigenvalue weighted by Crippen LogP contribution is -2.05. The summed E-state index contributed by atoms with van der Waals surface area (Å²) in [6.45, 7) is 7.55. The molecule has 0 atom stereocenters. The maximum absolute atomic E-state index is 4.56. The van der Waals surface area contributed by atoms with Crippen LogP contribution < -0.4 is 0 Å². The maximum atomic E-state index is 4.56. The second-order valence-electron chi connectivity index (χ2n) is 4.30. The van der Waals surface area contributed by atoms with Gasteiger partial charge in [0.05, 0.1) is 11.0 Å². The van der Waals surface area contributed by atoms with E-state index in [-0.39, 0.29) is 0 Å². The Morgan fingerprint density at radius 1 is 1.40 bits per heavy atom. The van der Waals surface area contributed by atoms with E-state index in [4.69, 9.17) is 0 Å². The molecule has 0 bridgehead atoms. The van der Waals surface area contributed by atoms with Gasteiger partial charge in [-0.15, -0.1) is 0 Å². The molecule has 0 aliphatic heterocycles. The minimum Gasteiger partial charge on any atom is -0.328 e. The van der Waals surface area contributed by atoms with E-state index in [0.717, 1.165) is 22.4 Å². The van der Waals surface area contributed by atoms with Gasteiger partial charge in [0, 0.05) is 11.0 Å². The van der Waals surface area contributed by atoms with Crippen LogP contribution in [0.2, 0.25) is 0 Å². The van der Waals surface area contributed by atoms with Crippen molar-refractivity contribution in [2.45, 2.75) is 27.3 Å². The van der Waals surface area contributed by atoms with E-state index in [1.165, 1.54) is 5.52 Å². The molecule has 80 valence electrons. The second kappa shape index (κ2) is 3.97. The zero-order valence-electron chi connectivity index (χ0n) is 9.29. The van der Waals surface area contributed by atoms with Crippen LogP contribution in [-0.4, -0.2) is 9.55 Å². The molecule has 0 radical (unpaired) electrons. The Balaban J connectivity index is 2.58. The number of benzene rings is 1. The van der Waals surface area contributed by atoms with E-state index < -0.39 is 0 Å². The zero-order valence-corrected chi connectivity index (χ0v) is 10.9. The first-order valence-corrected chi connectivity index (χ1v) is 5.99. The molecule has 1 heterocycles.